The second-order valence-corrected chi connectivity index (χ2v) is 6.06. The third kappa shape index (κ3) is 3.93. The number of benzene rings is 1. The summed E-state index contributed by atoms with van der Waals surface area (Å²) in [4.78, 5) is 12.4. The minimum Gasteiger partial charge on any atom is -0.421 e. The van der Waals surface area contributed by atoms with Crippen LogP contribution in [0.3, 0.4) is 0 Å². The molecule has 1 atom stereocenters. The highest BCUT2D eigenvalue weighted by Gasteiger charge is 2.13. The Kier molecular flexibility index (Phi) is 4.92. The van der Waals surface area contributed by atoms with Gasteiger partial charge in [0.05, 0.1) is 0 Å². The molecule has 0 spiro atoms. The first-order valence-electron chi connectivity index (χ1n) is 8.34. The van der Waals surface area contributed by atoms with Crippen LogP contribution < -0.4 is 5.32 Å². The highest BCUT2D eigenvalue weighted by molar-refractivity contribution is 6.03. The lowest BCUT2D eigenvalue weighted by Gasteiger charge is -2.05. The fourth-order valence-corrected chi connectivity index (χ4v) is 2.61. The van der Waals surface area contributed by atoms with Crippen LogP contribution in [0, 0.1) is 6.92 Å². The minimum atomic E-state index is -0.213. The number of aryl methyl sites for hydroxylation is 1. The highest BCUT2D eigenvalue weighted by Crippen LogP contribution is 2.21. The van der Waals surface area contributed by atoms with E-state index in [-0.39, 0.29) is 5.91 Å². The SMILES string of the molecule is CCCC(C)c1cc(NC(=O)c2ccc(-c3nnc(C)o3)cc2)n[nH]1. The maximum atomic E-state index is 12.4. The number of nitrogens with zero attached hydrogens (tertiary/aromatic N) is 3. The van der Waals surface area contributed by atoms with Crippen LogP contribution in [-0.4, -0.2) is 26.3 Å². The maximum absolute atomic E-state index is 12.4. The second-order valence-electron chi connectivity index (χ2n) is 6.06. The Bertz CT molecular complexity index is 850. The number of nitrogens with one attached hydrogen (secondary N) is 2. The third-order valence-corrected chi connectivity index (χ3v) is 4.01. The zero-order valence-corrected chi connectivity index (χ0v) is 14.5. The Morgan fingerprint density at radius 2 is 2.04 bits per heavy atom. The lowest BCUT2D eigenvalue weighted by molar-refractivity contribution is 0.102. The van der Waals surface area contributed by atoms with Crippen LogP contribution >= 0.6 is 0 Å². The van der Waals surface area contributed by atoms with E-state index >= 15 is 0 Å². The zero-order chi connectivity index (χ0) is 17.8. The molecule has 2 N–H and O–H groups in total. The normalized spacial score (nSPS) is 12.1. The fraction of sp³-hybridized carbons (Fsp3) is 0.333. The van der Waals surface area contributed by atoms with E-state index in [1.807, 2.05) is 6.07 Å². The molecule has 1 aromatic carbocycles. The molecule has 0 aliphatic carbocycles. The Labute approximate surface area is 145 Å². The summed E-state index contributed by atoms with van der Waals surface area (Å²) in [6.07, 6.45) is 2.18. The van der Waals surface area contributed by atoms with Crippen LogP contribution in [0.15, 0.2) is 34.7 Å². The van der Waals surface area contributed by atoms with Crippen molar-refractivity contribution in [3.8, 4) is 11.5 Å². The van der Waals surface area contributed by atoms with Gasteiger partial charge in [-0.3, -0.25) is 9.89 Å². The quantitative estimate of drug-likeness (QED) is 0.709. The van der Waals surface area contributed by atoms with Crippen LogP contribution in [0.2, 0.25) is 0 Å². The molecule has 3 aromatic rings. The standard InChI is InChI=1S/C18H21N5O2/c1-4-5-11(2)15-10-16(22-21-15)19-17(24)13-6-8-14(9-7-13)18-23-20-12(3)25-18/h6-11H,4-5H2,1-3H3,(H2,19,21,22,24). The van der Waals surface area contributed by atoms with E-state index in [1.54, 1.807) is 31.2 Å². The molecule has 1 amide bonds. The smallest absolute Gasteiger partial charge is 0.256 e. The predicted molar refractivity (Wildman–Crippen MR) is 94.3 cm³/mol. The number of amides is 1. The summed E-state index contributed by atoms with van der Waals surface area (Å²) in [5.41, 5.74) is 2.33. The van der Waals surface area contributed by atoms with Crippen molar-refractivity contribution in [1.29, 1.82) is 0 Å². The molecule has 0 aliphatic heterocycles. The molecule has 7 heteroatoms. The molecule has 130 valence electrons. The molecule has 1 unspecified atom stereocenters. The van der Waals surface area contributed by atoms with Gasteiger partial charge in [0, 0.05) is 29.8 Å². The predicted octanol–water partition coefficient (Wildman–Crippen LogP) is 3.92. The molecule has 2 aromatic heterocycles. The summed E-state index contributed by atoms with van der Waals surface area (Å²) in [6, 6.07) is 8.88. The van der Waals surface area contributed by atoms with Crippen molar-refractivity contribution < 1.29 is 9.21 Å². The zero-order valence-electron chi connectivity index (χ0n) is 14.5. The van der Waals surface area contributed by atoms with Gasteiger partial charge in [-0.05, 0) is 36.6 Å². The molecule has 0 saturated carbocycles. The summed E-state index contributed by atoms with van der Waals surface area (Å²) in [7, 11) is 0. The first-order chi connectivity index (χ1) is 12.1. The number of aromatic nitrogens is 4. The van der Waals surface area contributed by atoms with E-state index < -0.39 is 0 Å². The number of aromatic amines is 1. The number of H-pyrrole nitrogens is 1. The lowest BCUT2D eigenvalue weighted by Crippen LogP contribution is -2.12. The highest BCUT2D eigenvalue weighted by atomic mass is 16.4. The van der Waals surface area contributed by atoms with Crippen molar-refractivity contribution in [2.45, 2.75) is 39.5 Å². The maximum Gasteiger partial charge on any atom is 0.256 e. The van der Waals surface area contributed by atoms with E-state index in [1.165, 1.54) is 0 Å². The van der Waals surface area contributed by atoms with Gasteiger partial charge in [0.15, 0.2) is 5.82 Å². The molecule has 0 fully saturated rings. The first-order valence-corrected chi connectivity index (χ1v) is 8.34. The van der Waals surface area contributed by atoms with E-state index in [0.29, 0.717) is 29.1 Å². The van der Waals surface area contributed by atoms with Crippen LogP contribution in [0.25, 0.3) is 11.5 Å². The average Bonchev–Trinajstić information content (AvgIpc) is 3.24. The molecule has 25 heavy (non-hydrogen) atoms. The summed E-state index contributed by atoms with van der Waals surface area (Å²) in [5, 5.41) is 17.7. The van der Waals surface area contributed by atoms with Crippen molar-refractivity contribution in [3.63, 3.8) is 0 Å². The number of hydrogen-bond acceptors (Lipinski definition) is 5. The Hall–Kier alpha value is -2.96. The Morgan fingerprint density at radius 1 is 1.28 bits per heavy atom. The fourth-order valence-electron chi connectivity index (χ4n) is 2.61. The van der Waals surface area contributed by atoms with Gasteiger partial charge in [0.1, 0.15) is 0 Å². The van der Waals surface area contributed by atoms with E-state index in [4.69, 9.17) is 4.42 Å². The molecule has 3 rings (SSSR count). The summed E-state index contributed by atoms with van der Waals surface area (Å²) >= 11 is 0. The average molecular weight is 339 g/mol. The molecule has 0 aliphatic rings. The summed E-state index contributed by atoms with van der Waals surface area (Å²) in [6.45, 7) is 6.02. The van der Waals surface area contributed by atoms with Crippen LogP contribution in [-0.2, 0) is 0 Å². The monoisotopic (exact) mass is 339 g/mol. The summed E-state index contributed by atoms with van der Waals surface area (Å²) in [5.74, 6) is 1.64. The number of hydrogen-bond donors (Lipinski definition) is 2. The van der Waals surface area contributed by atoms with Gasteiger partial charge in [-0.2, -0.15) is 5.10 Å². The molecule has 0 saturated heterocycles. The lowest BCUT2D eigenvalue weighted by atomic mass is 10.0. The minimum absolute atomic E-state index is 0.213. The molecular formula is C18H21N5O2. The van der Waals surface area contributed by atoms with Gasteiger partial charge in [-0.1, -0.05) is 20.3 Å². The van der Waals surface area contributed by atoms with Gasteiger partial charge in [-0.15, -0.1) is 10.2 Å². The van der Waals surface area contributed by atoms with Crippen molar-refractivity contribution in [3.05, 3.63) is 47.5 Å². The first kappa shape index (κ1) is 16.9. The van der Waals surface area contributed by atoms with Crippen LogP contribution in [0.1, 0.15) is 54.5 Å². The summed E-state index contributed by atoms with van der Waals surface area (Å²) < 4.78 is 5.37. The number of rotatable bonds is 6. The van der Waals surface area contributed by atoms with Gasteiger partial charge < -0.3 is 9.73 Å². The van der Waals surface area contributed by atoms with Gasteiger partial charge >= 0.3 is 0 Å². The van der Waals surface area contributed by atoms with Gasteiger partial charge in [0.25, 0.3) is 5.91 Å². The number of carbonyl (C=O) groups excluding carboxylic acids is 1. The second kappa shape index (κ2) is 7.29. The third-order valence-electron chi connectivity index (χ3n) is 4.01. The Morgan fingerprint density at radius 3 is 2.68 bits per heavy atom. The number of anilines is 1. The number of carbonyl (C=O) groups is 1. The van der Waals surface area contributed by atoms with Crippen molar-refractivity contribution >= 4 is 11.7 Å². The van der Waals surface area contributed by atoms with E-state index in [0.717, 1.165) is 24.1 Å². The van der Waals surface area contributed by atoms with Crippen molar-refractivity contribution in [2.75, 3.05) is 5.32 Å². The molecule has 0 radical (unpaired) electrons. The topological polar surface area (TPSA) is 96.7 Å². The van der Waals surface area contributed by atoms with Gasteiger partial charge in [0.2, 0.25) is 11.8 Å². The van der Waals surface area contributed by atoms with E-state index in [9.17, 15) is 4.79 Å². The molecule has 0 bridgehead atoms. The van der Waals surface area contributed by atoms with Crippen molar-refractivity contribution in [2.24, 2.45) is 0 Å². The van der Waals surface area contributed by atoms with Crippen molar-refractivity contribution in [1.82, 2.24) is 20.4 Å². The molecule has 2 heterocycles. The van der Waals surface area contributed by atoms with Crippen LogP contribution in [0.4, 0.5) is 5.82 Å². The molecule has 7 nitrogen and oxygen atoms in total. The van der Waals surface area contributed by atoms with Gasteiger partial charge in [-0.25, -0.2) is 0 Å². The van der Waals surface area contributed by atoms with E-state index in [2.05, 4.69) is 39.6 Å². The van der Waals surface area contributed by atoms with Crippen LogP contribution in [0.5, 0.6) is 0 Å². The largest absolute Gasteiger partial charge is 0.421 e. The Balaban J connectivity index is 1.67. The molecular weight excluding hydrogens is 318 g/mol.